The average molecular weight is 358 g/mol. The summed E-state index contributed by atoms with van der Waals surface area (Å²) in [4.78, 5) is 21.2. The fourth-order valence-corrected chi connectivity index (χ4v) is 4.81. The number of likely N-dealkylation sites (tertiary alicyclic amines) is 2. The molecule has 3 aliphatic rings. The Morgan fingerprint density at radius 3 is 3.00 bits per heavy atom. The molecule has 0 saturated carbocycles. The number of hydrogen-bond acceptors (Lipinski definition) is 4. The van der Waals surface area contributed by atoms with E-state index in [4.69, 9.17) is 4.74 Å². The number of piperidine rings is 1. The summed E-state index contributed by atoms with van der Waals surface area (Å²) < 4.78 is 6.05. The van der Waals surface area contributed by atoms with Crippen LogP contribution in [0.15, 0.2) is 24.4 Å². The molecule has 3 saturated heterocycles. The van der Waals surface area contributed by atoms with E-state index in [1.54, 1.807) is 0 Å². The molecular formula is C20H30N4O2. The van der Waals surface area contributed by atoms with E-state index in [9.17, 15) is 4.79 Å². The molecule has 142 valence electrons. The molecule has 0 radical (unpaired) electrons. The maximum Gasteiger partial charge on any atom is 0.317 e. The lowest BCUT2D eigenvalue weighted by Gasteiger charge is -2.44. The molecule has 0 spiro atoms. The topological polar surface area (TPSA) is 57.7 Å². The number of ether oxygens (including phenoxy) is 1. The van der Waals surface area contributed by atoms with Gasteiger partial charge in [0.25, 0.3) is 0 Å². The number of fused-ring (bicyclic) bond motifs is 1. The Hall–Kier alpha value is -1.66. The summed E-state index contributed by atoms with van der Waals surface area (Å²) in [6, 6.07) is 6.22. The van der Waals surface area contributed by atoms with Gasteiger partial charge in [0, 0.05) is 57.5 Å². The fourth-order valence-electron chi connectivity index (χ4n) is 4.81. The molecular weight excluding hydrogens is 328 g/mol. The number of hydrogen-bond donors (Lipinski definition) is 1. The van der Waals surface area contributed by atoms with Gasteiger partial charge < -0.3 is 15.0 Å². The largest absolute Gasteiger partial charge is 0.378 e. The molecule has 4 rings (SSSR count). The summed E-state index contributed by atoms with van der Waals surface area (Å²) in [6.07, 6.45) is 7.64. The first-order chi connectivity index (χ1) is 12.8. The molecule has 2 atom stereocenters. The van der Waals surface area contributed by atoms with Crippen LogP contribution in [0.25, 0.3) is 0 Å². The SMILES string of the molecule is O=C(NCC[C@@]12CCO[C@@H]1CCN(Cc1ccccn1)C2)N1CCCC1. The van der Waals surface area contributed by atoms with Crippen molar-refractivity contribution in [3.05, 3.63) is 30.1 Å². The lowest BCUT2D eigenvalue weighted by atomic mass is 9.74. The Labute approximate surface area is 155 Å². The molecule has 2 amide bonds. The Balaban J connectivity index is 1.33. The molecule has 6 nitrogen and oxygen atoms in total. The maximum absolute atomic E-state index is 12.2. The number of carbonyl (C=O) groups is 1. The van der Waals surface area contributed by atoms with Crippen LogP contribution in [0.5, 0.6) is 0 Å². The second-order valence-electron chi connectivity index (χ2n) is 7.97. The predicted molar refractivity (Wildman–Crippen MR) is 99.7 cm³/mol. The smallest absolute Gasteiger partial charge is 0.317 e. The van der Waals surface area contributed by atoms with E-state index in [1.165, 1.54) is 0 Å². The number of amides is 2. The third kappa shape index (κ3) is 3.86. The molecule has 0 unspecified atom stereocenters. The number of pyridine rings is 1. The second kappa shape index (κ2) is 7.92. The number of nitrogens with one attached hydrogen (secondary N) is 1. The van der Waals surface area contributed by atoms with Gasteiger partial charge in [0.15, 0.2) is 0 Å². The Morgan fingerprint density at radius 2 is 2.19 bits per heavy atom. The highest BCUT2D eigenvalue weighted by molar-refractivity contribution is 5.74. The van der Waals surface area contributed by atoms with Crippen molar-refractivity contribution in [3.63, 3.8) is 0 Å². The minimum atomic E-state index is 0.107. The van der Waals surface area contributed by atoms with Gasteiger partial charge >= 0.3 is 6.03 Å². The molecule has 26 heavy (non-hydrogen) atoms. The summed E-state index contributed by atoms with van der Waals surface area (Å²) in [5.74, 6) is 0. The summed E-state index contributed by atoms with van der Waals surface area (Å²) in [5.41, 5.74) is 1.30. The highest BCUT2D eigenvalue weighted by Crippen LogP contribution is 2.43. The van der Waals surface area contributed by atoms with Crippen molar-refractivity contribution in [1.82, 2.24) is 20.1 Å². The standard InChI is InChI=1S/C20H30N4O2/c25-19(24-11-3-4-12-24)22-10-7-20-8-14-26-18(20)6-13-23(16-20)15-17-5-1-2-9-21-17/h1-2,5,9,18H,3-4,6-8,10-16H2,(H,22,25)/t18-,20+/m1/s1. The van der Waals surface area contributed by atoms with Gasteiger partial charge in [-0.1, -0.05) is 6.07 Å². The quantitative estimate of drug-likeness (QED) is 0.877. The van der Waals surface area contributed by atoms with Crippen molar-refractivity contribution >= 4 is 6.03 Å². The minimum Gasteiger partial charge on any atom is -0.378 e. The van der Waals surface area contributed by atoms with Crippen molar-refractivity contribution in [3.8, 4) is 0 Å². The molecule has 1 aromatic rings. The first-order valence-corrected chi connectivity index (χ1v) is 10.0. The normalized spacial score (nSPS) is 28.9. The van der Waals surface area contributed by atoms with E-state index in [0.29, 0.717) is 6.10 Å². The van der Waals surface area contributed by atoms with Crippen LogP contribution in [0.3, 0.4) is 0 Å². The first-order valence-electron chi connectivity index (χ1n) is 10.0. The summed E-state index contributed by atoms with van der Waals surface area (Å²) in [7, 11) is 0. The molecule has 0 aliphatic carbocycles. The number of nitrogens with zero attached hydrogens (tertiary/aromatic N) is 3. The summed E-state index contributed by atoms with van der Waals surface area (Å²) >= 11 is 0. The molecule has 0 aromatic carbocycles. The van der Waals surface area contributed by atoms with E-state index in [0.717, 1.165) is 83.7 Å². The van der Waals surface area contributed by atoms with Crippen molar-refractivity contribution in [2.45, 2.75) is 44.8 Å². The van der Waals surface area contributed by atoms with Crippen LogP contribution in [0.1, 0.15) is 37.8 Å². The van der Waals surface area contributed by atoms with Gasteiger partial charge in [0.05, 0.1) is 11.8 Å². The Bertz CT molecular complexity index is 605. The zero-order valence-electron chi connectivity index (χ0n) is 15.5. The van der Waals surface area contributed by atoms with Crippen molar-refractivity contribution in [1.29, 1.82) is 0 Å². The van der Waals surface area contributed by atoms with Crippen LogP contribution in [-0.2, 0) is 11.3 Å². The molecule has 1 aromatic heterocycles. The van der Waals surface area contributed by atoms with Crippen LogP contribution in [-0.4, -0.2) is 66.2 Å². The Kier molecular flexibility index (Phi) is 5.41. The number of rotatable bonds is 5. The lowest BCUT2D eigenvalue weighted by Crippen LogP contribution is -2.51. The van der Waals surface area contributed by atoms with E-state index in [-0.39, 0.29) is 11.4 Å². The van der Waals surface area contributed by atoms with Crippen LogP contribution < -0.4 is 5.32 Å². The summed E-state index contributed by atoms with van der Waals surface area (Å²) in [5, 5.41) is 3.14. The monoisotopic (exact) mass is 358 g/mol. The van der Waals surface area contributed by atoms with Crippen LogP contribution in [0, 0.1) is 5.41 Å². The van der Waals surface area contributed by atoms with Gasteiger partial charge in [0.2, 0.25) is 0 Å². The molecule has 3 fully saturated rings. The number of carbonyl (C=O) groups excluding carboxylic acids is 1. The van der Waals surface area contributed by atoms with E-state index in [2.05, 4.69) is 27.3 Å². The van der Waals surface area contributed by atoms with Crippen molar-refractivity contribution < 1.29 is 9.53 Å². The average Bonchev–Trinajstić information content (AvgIpc) is 3.32. The first kappa shape index (κ1) is 17.7. The number of urea groups is 1. The van der Waals surface area contributed by atoms with E-state index < -0.39 is 0 Å². The fraction of sp³-hybridized carbons (Fsp3) is 0.700. The second-order valence-corrected chi connectivity index (χ2v) is 7.97. The Morgan fingerprint density at radius 1 is 1.31 bits per heavy atom. The van der Waals surface area contributed by atoms with Crippen LogP contribution in [0.4, 0.5) is 4.79 Å². The minimum absolute atomic E-state index is 0.107. The lowest BCUT2D eigenvalue weighted by molar-refractivity contribution is -0.0243. The van der Waals surface area contributed by atoms with Crippen LogP contribution >= 0.6 is 0 Å². The van der Waals surface area contributed by atoms with Crippen molar-refractivity contribution in [2.24, 2.45) is 5.41 Å². The van der Waals surface area contributed by atoms with Gasteiger partial charge in [-0.05, 0) is 44.2 Å². The summed E-state index contributed by atoms with van der Waals surface area (Å²) in [6.45, 7) is 6.39. The van der Waals surface area contributed by atoms with E-state index in [1.807, 2.05) is 17.2 Å². The van der Waals surface area contributed by atoms with Gasteiger partial charge in [-0.15, -0.1) is 0 Å². The molecule has 6 heteroatoms. The van der Waals surface area contributed by atoms with Gasteiger partial charge in [-0.25, -0.2) is 4.79 Å². The highest BCUT2D eigenvalue weighted by Gasteiger charge is 2.47. The third-order valence-corrected chi connectivity index (χ3v) is 6.25. The molecule has 3 aliphatic heterocycles. The third-order valence-electron chi connectivity index (χ3n) is 6.25. The maximum atomic E-state index is 12.2. The zero-order chi connectivity index (χ0) is 17.8. The van der Waals surface area contributed by atoms with Crippen molar-refractivity contribution in [2.75, 3.05) is 39.3 Å². The zero-order valence-corrected chi connectivity index (χ0v) is 15.5. The number of aromatic nitrogens is 1. The highest BCUT2D eigenvalue weighted by atomic mass is 16.5. The predicted octanol–water partition coefficient (Wildman–Crippen LogP) is 2.26. The molecule has 0 bridgehead atoms. The van der Waals surface area contributed by atoms with Gasteiger partial charge in [-0.2, -0.15) is 0 Å². The van der Waals surface area contributed by atoms with Crippen LogP contribution in [0.2, 0.25) is 0 Å². The van der Waals surface area contributed by atoms with Gasteiger partial charge in [-0.3, -0.25) is 9.88 Å². The molecule has 1 N–H and O–H groups in total. The molecule has 4 heterocycles. The van der Waals surface area contributed by atoms with Gasteiger partial charge in [0.1, 0.15) is 0 Å². The van der Waals surface area contributed by atoms with E-state index >= 15 is 0 Å².